The molecule has 0 aliphatic heterocycles. The maximum atomic E-state index is 13.7. The van der Waals surface area contributed by atoms with Gasteiger partial charge in [0.2, 0.25) is 11.8 Å². The minimum atomic E-state index is -0.720. The number of carbonyl (C=O) groups is 2. The third kappa shape index (κ3) is 7.49. The molecule has 0 aromatic heterocycles. The Kier molecular flexibility index (Phi) is 9.40. The van der Waals surface area contributed by atoms with E-state index in [-0.39, 0.29) is 30.8 Å². The van der Waals surface area contributed by atoms with Crippen LogP contribution >= 0.6 is 34.8 Å². The molecular formula is C27H27Cl3N2O2. The molecule has 0 spiro atoms. The number of amides is 2. The molecule has 0 bridgehead atoms. The average molecular weight is 518 g/mol. The van der Waals surface area contributed by atoms with Crippen molar-refractivity contribution in [2.24, 2.45) is 0 Å². The molecule has 3 aromatic rings. The largest absolute Gasteiger partial charge is 0.352 e. The van der Waals surface area contributed by atoms with Crippen LogP contribution in [0.15, 0.2) is 72.8 Å². The van der Waals surface area contributed by atoms with Crippen LogP contribution in [0, 0.1) is 0 Å². The van der Waals surface area contributed by atoms with Gasteiger partial charge in [-0.25, -0.2) is 0 Å². The van der Waals surface area contributed by atoms with E-state index < -0.39 is 6.04 Å². The molecule has 0 aliphatic carbocycles. The minimum absolute atomic E-state index is 0.0385. The number of benzene rings is 3. The quantitative estimate of drug-likeness (QED) is 0.359. The van der Waals surface area contributed by atoms with E-state index in [1.165, 1.54) is 0 Å². The van der Waals surface area contributed by atoms with Gasteiger partial charge in [0.15, 0.2) is 0 Å². The zero-order chi connectivity index (χ0) is 24.7. The van der Waals surface area contributed by atoms with Crippen molar-refractivity contribution >= 4 is 46.6 Å². The summed E-state index contributed by atoms with van der Waals surface area (Å²) in [5, 5.41) is 4.45. The molecule has 34 heavy (non-hydrogen) atoms. The predicted molar refractivity (Wildman–Crippen MR) is 139 cm³/mol. The van der Waals surface area contributed by atoms with Crippen molar-refractivity contribution in [3.63, 3.8) is 0 Å². The van der Waals surface area contributed by atoms with Gasteiger partial charge in [0.05, 0.1) is 6.42 Å². The Balaban J connectivity index is 1.99. The van der Waals surface area contributed by atoms with Crippen molar-refractivity contribution in [1.29, 1.82) is 0 Å². The number of nitrogens with one attached hydrogen (secondary N) is 1. The van der Waals surface area contributed by atoms with Crippen LogP contribution in [0.2, 0.25) is 15.1 Å². The second-order valence-electron chi connectivity index (χ2n) is 8.43. The first-order valence-electron chi connectivity index (χ1n) is 11.0. The molecule has 1 atom stereocenters. The smallest absolute Gasteiger partial charge is 0.243 e. The second-order valence-corrected chi connectivity index (χ2v) is 9.71. The zero-order valence-corrected chi connectivity index (χ0v) is 21.4. The van der Waals surface area contributed by atoms with Crippen molar-refractivity contribution in [3.8, 4) is 0 Å². The molecule has 7 heteroatoms. The topological polar surface area (TPSA) is 49.4 Å². The Bertz CT molecular complexity index is 1140. The van der Waals surface area contributed by atoms with Gasteiger partial charge in [-0.15, -0.1) is 0 Å². The van der Waals surface area contributed by atoms with E-state index in [1.54, 1.807) is 35.2 Å². The van der Waals surface area contributed by atoms with Gasteiger partial charge in [-0.05, 0) is 54.8 Å². The van der Waals surface area contributed by atoms with Crippen LogP contribution in [0.1, 0.15) is 30.5 Å². The monoisotopic (exact) mass is 516 g/mol. The highest BCUT2D eigenvalue weighted by Gasteiger charge is 2.31. The number of hydrogen-bond donors (Lipinski definition) is 1. The molecule has 1 N–H and O–H groups in total. The lowest BCUT2D eigenvalue weighted by molar-refractivity contribution is -0.141. The average Bonchev–Trinajstić information content (AvgIpc) is 2.78. The Morgan fingerprint density at radius 2 is 1.53 bits per heavy atom. The van der Waals surface area contributed by atoms with Crippen LogP contribution in [0.5, 0.6) is 0 Å². The summed E-state index contributed by atoms with van der Waals surface area (Å²) in [5.74, 6) is -0.430. The molecule has 3 rings (SSSR count). The Morgan fingerprint density at radius 3 is 2.18 bits per heavy atom. The SMILES string of the molecule is CC(C)NC(=O)[C@H](Cc1ccccc1)N(Cc1cccc(Cl)c1)C(=O)Cc1ccc(Cl)cc1Cl. The second kappa shape index (κ2) is 12.3. The lowest BCUT2D eigenvalue weighted by Gasteiger charge is -2.32. The van der Waals surface area contributed by atoms with Crippen molar-refractivity contribution in [1.82, 2.24) is 10.2 Å². The molecule has 0 saturated heterocycles. The fourth-order valence-corrected chi connectivity index (χ4v) is 4.38. The van der Waals surface area contributed by atoms with Gasteiger partial charge in [-0.1, -0.05) is 83.3 Å². The van der Waals surface area contributed by atoms with E-state index in [9.17, 15) is 9.59 Å². The van der Waals surface area contributed by atoms with Crippen LogP contribution in [0.25, 0.3) is 0 Å². The van der Waals surface area contributed by atoms with Gasteiger partial charge in [-0.2, -0.15) is 0 Å². The van der Waals surface area contributed by atoms with E-state index in [1.807, 2.05) is 56.3 Å². The summed E-state index contributed by atoms with van der Waals surface area (Å²) in [7, 11) is 0. The van der Waals surface area contributed by atoms with Gasteiger partial charge in [0, 0.05) is 34.1 Å². The molecule has 0 saturated carbocycles. The van der Waals surface area contributed by atoms with Crippen molar-refractivity contribution < 1.29 is 9.59 Å². The van der Waals surface area contributed by atoms with E-state index >= 15 is 0 Å². The normalized spacial score (nSPS) is 11.8. The molecule has 178 valence electrons. The van der Waals surface area contributed by atoms with Crippen LogP contribution in [0.3, 0.4) is 0 Å². The maximum Gasteiger partial charge on any atom is 0.243 e. The number of rotatable bonds is 9. The summed E-state index contributed by atoms with van der Waals surface area (Å²) in [4.78, 5) is 28.6. The number of hydrogen-bond acceptors (Lipinski definition) is 2. The third-order valence-electron chi connectivity index (χ3n) is 5.30. The van der Waals surface area contributed by atoms with E-state index in [0.717, 1.165) is 11.1 Å². The van der Waals surface area contributed by atoms with Crippen LogP contribution in [-0.4, -0.2) is 28.8 Å². The molecule has 4 nitrogen and oxygen atoms in total. The lowest BCUT2D eigenvalue weighted by Crippen LogP contribution is -2.52. The number of halogens is 3. The fourth-order valence-electron chi connectivity index (χ4n) is 3.70. The molecule has 3 aromatic carbocycles. The molecule has 0 unspecified atom stereocenters. The van der Waals surface area contributed by atoms with Gasteiger partial charge in [0.25, 0.3) is 0 Å². The summed E-state index contributed by atoms with van der Waals surface area (Å²) in [5.41, 5.74) is 2.44. The van der Waals surface area contributed by atoms with Crippen LogP contribution < -0.4 is 5.32 Å². The summed E-state index contributed by atoms with van der Waals surface area (Å²) in [6.45, 7) is 4.02. The fraction of sp³-hybridized carbons (Fsp3) is 0.259. The van der Waals surface area contributed by atoms with E-state index in [0.29, 0.717) is 27.1 Å². The summed E-state index contributed by atoms with van der Waals surface area (Å²) in [6, 6.07) is 21.2. The first-order valence-corrected chi connectivity index (χ1v) is 12.2. The first-order chi connectivity index (χ1) is 16.2. The molecule has 2 amide bonds. The lowest BCUT2D eigenvalue weighted by atomic mass is 10.0. The molecule has 0 heterocycles. The number of nitrogens with zero attached hydrogens (tertiary/aromatic N) is 1. The Labute approximate surface area is 215 Å². The highest BCUT2D eigenvalue weighted by Crippen LogP contribution is 2.24. The minimum Gasteiger partial charge on any atom is -0.352 e. The Morgan fingerprint density at radius 1 is 0.853 bits per heavy atom. The van der Waals surface area contributed by atoms with Gasteiger partial charge < -0.3 is 10.2 Å². The first kappa shape index (κ1) is 26.1. The molecular weight excluding hydrogens is 491 g/mol. The predicted octanol–water partition coefficient (Wildman–Crippen LogP) is 6.35. The summed E-state index contributed by atoms with van der Waals surface area (Å²) in [6.07, 6.45) is 0.414. The standard InChI is InChI=1S/C27H27Cl3N2O2/c1-18(2)31-27(34)25(14-19-7-4-3-5-8-19)32(17-20-9-6-10-22(28)13-20)26(33)15-21-11-12-23(29)16-24(21)30/h3-13,16,18,25H,14-15,17H2,1-2H3,(H,31,34)/t25-/m0/s1. The molecule has 0 fully saturated rings. The summed E-state index contributed by atoms with van der Waals surface area (Å²) < 4.78 is 0. The highest BCUT2D eigenvalue weighted by atomic mass is 35.5. The van der Waals surface area contributed by atoms with Crippen molar-refractivity contribution in [2.45, 2.75) is 45.3 Å². The molecule has 0 radical (unpaired) electrons. The number of carbonyl (C=O) groups excluding carboxylic acids is 2. The van der Waals surface area contributed by atoms with E-state index in [4.69, 9.17) is 34.8 Å². The van der Waals surface area contributed by atoms with Crippen LogP contribution in [-0.2, 0) is 29.0 Å². The van der Waals surface area contributed by atoms with E-state index in [2.05, 4.69) is 5.32 Å². The Hall–Kier alpha value is -2.53. The van der Waals surface area contributed by atoms with Crippen molar-refractivity contribution in [3.05, 3.63) is 105 Å². The zero-order valence-electron chi connectivity index (χ0n) is 19.1. The molecule has 0 aliphatic rings. The van der Waals surface area contributed by atoms with Gasteiger partial charge in [0.1, 0.15) is 6.04 Å². The third-order valence-corrected chi connectivity index (χ3v) is 6.12. The summed E-state index contributed by atoms with van der Waals surface area (Å²) >= 11 is 18.6. The van der Waals surface area contributed by atoms with Gasteiger partial charge >= 0.3 is 0 Å². The van der Waals surface area contributed by atoms with Gasteiger partial charge in [-0.3, -0.25) is 9.59 Å². The maximum absolute atomic E-state index is 13.7. The highest BCUT2D eigenvalue weighted by molar-refractivity contribution is 6.35. The van der Waals surface area contributed by atoms with Crippen molar-refractivity contribution in [2.75, 3.05) is 0 Å². The van der Waals surface area contributed by atoms with Crippen LogP contribution in [0.4, 0.5) is 0 Å².